The molecule has 1 aromatic rings. The molecule has 19 heavy (non-hydrogen) atoms. The van der Waals surface area contributed by atoms with Gasteiger partial charge in [0.1, 0.15) is 12.6 Å². The van der Waals surface area contributed by atoms with Crippen molar-refractivity contribution in [3.05, 3.63) is 27.8 Å². The Morgan fingerprint density at radius 1 is 1.47 bits per heavy atom. The number of benzene rings is 1. The summed E-state index contributed by atoms with van der Waals surface area (Å²) in [5, 5.41) is 2.80. The van der Waals surface area contributed by atoms with Crippen molar-refractivity contribution < 1.29 is 9.59 Å². The minimum Gasteiger partial charge on any atom is -0.342 e. The Labute approximate surface area is 126 Å². The van der Waals surface area contributed by atoms with E-state index in [4.69, 9.17) is 0 Å². The van der Waals surface area contributed by atoms with Gasteiger partial charge in [-0.1, -0.05) is 26.3 Å². The van der Waals surface area contributed by atoms with E-state index < -0.39 is 6.04 Å². The number of amides is 2. The first-order valence-corrected chi connectivity index (χ1v) is 7.47. The molecule has 0 aliphatic carbocycles. The van der Waals surface area contributed by atoms with Gasteiger partial charge in [-0.05, 0) is 46.7 Å². The van der Waals surface area contributed by atoms with Crippen LogP contribution in [0.25, 0.3) is 0 Å². The second-order valence-electron chi connectivity index (χ2n) is 4.83. The molecule has 0 bridgehead atoms. The second-order valence-corrected chi connectivity index (χ2v) is 6.08. The Morgan fingerprint density at radius 2 is 2.21 bits per heavy atom. The van der Waals surface area contributed by atoms with Crippen LogP contribution in [0.3, 0.4) is 0 Å². The first kappa shape index (κ1) is 14.3. The van der Waals surface area contributed by atoms with Crippen molar-refractivity contribution in [3.63, 3.8) is 0 Å². The fourth-order valence-electron chi connectivity index (χ4n) is 2.15. The van der Waals surface area contributed by atoms with Crippen LogP contribution in [0.15, 0.2) is 24.3 Å². The molecule has 1 fully saturated rings. The Balaban J connectivity index is 2.29. The van der Waals surface area contributed by atoms with Gasteiger partial charge in [-0.2, -0.15) is 0 Å². The van der Waals surface area contributed by atoms with E-state index in [9.17, 15) is 9.59 Å². The number of rotatable bonds is 3. The summed E-state index contributed by atoms with van der Waals surface area (Å²) in [6.45, 7) is 4.11. The van der Waals surface area contributed by atoms with Gasteiger partial charge in [0.25, 0.3) is 0 Å². The SMILES string of the molecule is CCC(C)C1NC(=O)CN(c2cccc(I)c2)C1=O. The molecule has 4 nitrogen and oxygen atoms in total. The Morgan fingerprint density at radius 3 is 2.84 bits per heavy atom. The number of anilines is 1. The molecule has 0 spiro atoms. The molecule has 2 amide bonds. The normalized spacial score (nSPS) is 21.2. The highest BCUT2D eigenvalue weighted by atomic mass is 127. The van der Waals surface area contributed by atoms with Crippen LogP contribution in [0.1, 0.15) is 20.3 Å². The van der Waals surface area contributed by atoms with Crippen molar-refractivity contribution >= 4 is 40.1 Å². The molecule has 0 aromatic heterocycles. The first-order valence-electron chi connectivity index (χ1n) is 6.39. The average Bonchev–Trinajstić information content (AvgIpc) is 2.40. The topological polar surface area (TPSA) is 49.4 Å². The van der Waals surface area contributed by atoms with E-state index in [1.165, 1.54) is 0 Å². The van der Waals surface area contributed by atoms with Gasteiger partial charge in [-0.15, -0.1) is 0 Å². The van der Waals surface area contributed by atoms with Gasteiger partial charge in [0, 0.05) is 9.26 Å². The lowest BCUT2D eigenvalue weighted by atomic mass is 9.96. The van der Waals surface area contributed by atoms with Gasteiger partial charge in [0.2, 0.25) is 11.8 Å². The fourth-order valence-corrected chi connectivity index (χ4v) is 2.68. The van der Waals surface area contributed by atoms with E-state index in [0.717, 1.165) is 15.7 Å². The summed E-state index contributed by atoms with van der Waals surface area (Å²) in [6.07, 6.45) is 0.858. The molecule has 2 rings (SSSR count). The van der Waals surface area contributed by atoms with Gasteiger partial charge in [0.15, 0.2) is 0 Å². The lowest BCUT2D eigenvalue weighted by Gasteiger charge is -2.35. The minimum atomic E-state index is -0.413. The monoisotopic (exact) mass is 372 g/mol. The van der Waals surface area contributed by atoms with E-state index in [1.54, 1.807) is 4.90 Å². The summed E-state index contributed by atoms with van der Waals surface area (Å²) in [6, 6.07) is 7.24. The lowest BCUT2D eigenvalue weighted by Crippen LogP contribution is -2.60. The lowest BCUT2D eigenvalue weighted by molar-refractivity contribution is -0.132. The quantitative estimate of drug-likeness (QED) is 0.827. The maximum absolute atomic E-state index is 12.5. The molecule has 0 saturated carbocycles. The molecular weight excluding hydrogens is 355 g/mol. The van der Waals surface area contributed by atoms with Crippen LogP contribution >= 0.6 is 22.6 Å². The van der Waals surface area contributed by atoms with Gasteiger partial charge in [0.05, 0.1) is 0 Å². The van der Waals surface area contributed by atoms with Crippen LogP contribution in [0, 0.1) is 9.49 Å². The third kappa shape index (κ3) is 3.08. The van der Waals surface area contributed by atoms with Crippen LogP contribution in [0.2, 0.25) is 0 Å². The molecular formula is C14H17IN2O2. The van der Waals surface area contributed by atoms with Crippen molar-refractivity contribution in [2.75, 3.05) is 11.4 Å². The maximum atomic E-state index is 12.5. The molecule has 5 heteroatoms. The molecule has 2 atom stereocenters. The van der Waals surface area contributed by atoms with Gasteiger partial charge in [-0.25, -0.2) is 0 Å². The van der Waals surface area contributed by atoms with E-state index in [2.05, 4.69) is 27.9 Å². The molecule has 1 heterocycles. The van der Waals surface area contributed by atoms with E-state index >= 15 is 0 Å². The Kier molecular flexibility index (Phi) is 4.44. The van der Waals surface area contributed by atoms with Crippen molar-refractivity contribution in [2.45, 2.75) is 26.3 Å². The number of piperazine rings is 1. The van der Waals surface area contributed by atoms with Gasteiger partial charge >= 0.3 is 0 Å². The van der Waals surface area contributed by atoms with Crippen molar-refractivity contribution in [2.24, 2.45) is 5.92 Å². The van der Waals surface area contributed by atoms with Crippen molar-refractivity contribution in [1.29, 1.82) is 0 Å². The smallest absolute Gasteiger partial charge is 0.250 e. The summed E-state index contributed by atoms with van der Waals surface area (Å²) in [7, 11) is 0. The number of carbonyl (C=O) groups excluding carboxylic acids is 2. The molecule has 2 unspecified atom stereocenters. The zero-order valence-corrected chi connectivity index (χ0v) is 13.2. The minimum absolute atomic E-state index is 0.0176. The number of nitrogens with one attached hydrogen (secondary N) is 1. The highest BCUT2D eigenvalue weighted by Gasteiger charge is 2.36. The molecule has 1 aliphatic rings. The van der Waals surface area contributed by atoms with Crippen LogP contribution in [0.4, 0.5) is 5.69 Å². The van der Waals surface area contributed by atoms with Crippen molar-refractivity contribution in [3.8, 4) is 0 Å². The number of halogens is 1. The summed E-state index contributed by atoms with van der Waals surface area (Å²) in [5.74, 6) is 0.0294. The Hall–Kier alpha value is -1.11. The third-order valence-corrected chi connectivity index (χ3v) is 4.15. The summed E-state index contributed by atoms with van der Waals surface area (Å²) >= 11 is 2.20. The average molecular weight is 372 g/mol. The number of carbonyl (C=O) groups is 2. The molecule has 1 saturated heterocycles. The largest absolute Gasteiger partial charge is 0.342 e. The standard InChI is InChI=1S/C14H17IN2O2/c1-3-9(2)13-14(19)17(8-12(18)16-13)11-6-4-5-10(15)7-11/h4-7,9,13H,3,8H2,1-2H3,(H,16,18). The Bertz CT molecular complexity index is 504. The molecule has 1 aliphatic heterocycles. The van der Waals surface area contributed by atoms with E-state index in [-0.39, 0.29) is 24.3 Å². The summed E-state index contributed by atoms with van der Waals surface area (Å²) < 4.78 is 1.05. The molecule has 102 valence electrons. The molecule has 1 aromatic carbocycles. The third-order valence-electron chi connectivity index (χ3n) is 3.48. The highest BCUT2D eigenvalue weighted by Crippen LogP contribution is 2.22. The zero-order chi connectivity index (χ0) is 14.0. The second kappa shape index (κ2) is 5.90. The van der Waals surface area contributed by atoms with Crippen LogP contribution in [-0.4, -0.2) is 24.4 Å². The predicted molar refractivity (Wildman–Crippen MR) is 82.9 cm³/mol. The highest BCUT2D eigenvalue weighted by molar-refractivity contribution is 14.1. The number of hydrogen-bond donors (Lipinski definition) is 1. The number of nitrogens with zero attached hydrogens (tertiary/aromatic N) is 1. The van der Waals surface area contributed by atoms with Crippen LogP contribution in [0.5, 0.6) is 0 Å². The summed E-state index contributed by atoms with van der Waals surface area (Å²) in [4.78, 5) is 25.9. The van der Waals surface area contributed by atoms with Crippen LogP contribution in [-0.2, 0) is 9.59 Å². The zero-order valence-electron chi connectivity index (χ0n) is 11.0. The predicted octanol–water partition coefficient (Wildman–Crippen LogP) is 2.17. The summed E-state index contributed by atoms with van der Waals surface area (Å²) in [5.41, 5.74) is 0.792. The van der Waals surface area contributed by atoms with Crippen LogP contribution < -0.4 is 10.2 Å². The van der Waals surface area contributed by atoms with E-state index in [1.807, 2.05) is 38.1 Å². The fraction of sp³-hybridized carbons (Fsp3) is 0.429. The number of hydrogen-bond acceptors (Lipinski definition) is 2. The van der Waals surface area contributed by atoms with Gasteiger partial charge in [-0.3, -0.25) is 9.59 Å². The van der Waals surface area contributed by atoms with E-state index in [0.29, 0.717) is 0 Å². The van der Waals surface area contributed by atoms with Gasteiger partial charge < -0.3 is 10.2 Å². The molecule has 0 radical (unpaired) electrons. The molecule has 1 N–H and O–H groups in total. The first-order chi connectivity index (χ1) is 9.02. The maximum Gasteiger partial charge on any atom is 0.250 e. The van der Waals surface area contributed by atoms with Crippen molar-refractivity contribution in [1.82, 2.24) is 5.32 Å².